The summed E-state index contributed by atoms with van der Waals surface area (Å²) in [6.45, 7) is 2.59. The van der Waals surface area contributed by atoms with Crippen LogP contribution in [0.3, 0.4) is 0 Å². The van der Waals surface area contributed by atoms with E-state index >= 15 is 0 Å². The summed E-state index contributed by atoms with van der Waals surface area (Å²) in [7, 11) is 1.99. The van der Waals surface area contributed by atoms with Crippen molar-refractivity contribution in [3.05, 3.63) is 18.2 Å². The highest BCUT2D eigenvalue weighted by Gasteiger charge is 2.18. The molecule has 0 spiro atoms. The molecule has 1 fully saturated rings. The lowest BCUT2D eigenvalue weighted by Crippen LogP contribution is -2.34. The molecule has 1 N–H and O–H groups in total. The van der Waals surface area contributed by atoms with Crippen molar-refractivity contribution in [3.63, 3.8) is 0 Å². The Morgan fingerprint density at radius 2 is 2.67 bits per heavy atom. The van der Waals surface area contributed by atoms with Gasteiger partial charge >= 0.3 is 0 Å². The highest BCUT2D eigenvalue weighted by molar-refractivity contribution is 4.97. The minimum atomic E-state index is 0.124. The van der Waals surface area contributed by atoms with Crippen molar-refractivity contribution in [3.8, 4) is 0 Å². The molecule has 1 aromatic heterocycles. The van der Waals surface area contributed by atoms with Crippen molar-refractivity contribution in [2.75, 3.05) is 19.7 Å². The lowest BCUT2D eigenvalue weighted by molar-refractivity contribution is 0.0205. The van der Waals surface area contributed by atoms with Gasteiger partial charge in [-0.15, -0.1) is 0 Å². The van der Waals surface area contributed by atoms with Crippen LogP contribution in [0.15, 0.2) is 12.4 Å². The molecule has 2 heterocycles. The molecule has 1 saturated heterocycles. The molecule has 0 bridgehead atoms. The van der Waals surface area contributed by atoms with Gasteiger partial charge in [0.05, 0.1) is 6.61 Å². The van der Waals surface area contributed by atoms with E-state index in [2.05, 4.69) is 10.3 Å². The van der Waals surface area contributed by atoms with Crippen LogP contribution in [0.5, 0.6) is 0 Å². The summed E-state index contributed by atoms with van der Waals surface area (Å²) in [5, 5.41) is 3.27. The summed E-state index contributed by atoms with van der Waals surface area (Å²) in [6.07, 6.45) is 3.86. The topological polar surface area (TPSA) is 39.1 Å². The SMILES string of the molecule is Cn1ccnc1C1CNCCO1. The van der Waals surface area contributed by atoms with Crippen molar-refractivity contribution < 1.29 is 4.74 Å². The summed E-state index contributed by atoms with van der Waals surface area (Å²) >= 11 is 0. The van der Waals surface area contributed by atoms with Gasteiger partial charge in [0.2, 0.25) is 0 Å². The highest BCUT2D eigenvalue weighted by atomic mass is 16.5. The number of imidazole rings is 1. The summed E-state index contributed by atoms with van der Waals surface area (Å²) in [4.78, 5) is 4.24. The Morgan fingerprint density at radius 3 is 3.25 bits per heavy atom. The number of nitrogens with one attached hydrogen (secondary N) is 1. The van der Waals surface area contributed by atoms with Crippen molar-refractivity contribution in [1.82, 2.24) is 14.9 Å². The molecule has 0 amide bonds. The maximum atomic E-state index is 5.56. The second-order valence-corrected chi connectivity index (χ2v) is 2.96. The quantitative estimate of drug-likeness (QED) is 0.644. The van der Waals surface area contributed by atoms with Crippen molar-refractivity contribution in [1.29, 1.82) is 0 Å². The maximum absolute atomic E-state index is 5.56. The van der Waals surface area contributed by atoms with Crippen LogP contribution in [-0.4, -0.2) is 29.2 Å². The van der Waals surface area contributed by atoms with E-state index in [-0.39, 0.29) is 6.10 Å². The molecule has 0 aromatic carbocycles. The van der Waals surface area contributed by atoms with Crippen molar-refractivity contribution in [2.24, 2.45) is 7.05 Å². The molecule has 1 aliphatic rings. The zero-order valence-corrected chi connectivity index (χ0v) is 7.16. The molecule has 1 unspecified atom stereocenters. The number of rotatable bonds is 1. The van der Waals surface area contributed by atoms with E-state index < -0.39 is 0 Å². The predicted molar refractivity (Wildman–Crippen MR) is 44.8 cm³/mol. The summed E-state index contributed by atoms with van der Waals surface area (Å²) < 4.78 is 7.56. The standard InChI is InChI=1S/C8H13N3O/c1-11-4-2-10-8(11)7-6-9-3-5-12-7/h2,4,7,9H,3,5-6H2,1H3. The van der Waals surface area contributed by atoms with Crippen LogP contribution in [0.4, 0.5) is 0 Å². The molecule has 1 aliphatic heterocycles. The van der Waals surface area contributed by atoms with Gasteiger partial charge in [0.25, 0.3) is 0 Å². The Bertz CT molecular complexity index is 253. The Balaban J connectivity index is 2.13. The fourth-order valence-electron chi connectivity index (χ4n) is 1.42. The second kappa shape index (κ2) is 3.25. The number of aryl methyl sites for hydroxylation is 1. The molecule has 12 heavy (non-hydrogen) atoms. The number of aromatic nitrogens is 2. The monoisotopic (exact) mass is 167 g/mol. The fourth-order valence-corrected chi connectivity index (χ4v) is 1.42. The average Bonchev–Trinajstić information content (AvgIpc) is 2.53. The van der Waals surface area contributed by atoms with E-state index in [1.807, 2.05) is 17.8 Å². The molecular formula is C8H13N3O. The van der Waals surface area contributed by atoms with E-state index in [1.165, 1.54) is 0 Å². The third-order valence-corrected chi connectivity index (χ3v) is 2.07. The van der Waals surface area contributed by atoms with Gasteiger partial charge in [-0.1, -0.05) is 0 Å². The van der Waals surface area contributed by atoms with Crippen LogP contribution in [0.2, 0.25) is 0 Å². The molecule has 0 saturated carbocycles. The lowest BCUT2D eigenvalue weighted by atomic mass is 10.3. The number of morpholine rings is 1. The first-order chi connectivity index (χ1) is 5.88. The van der Waals surface area contributed by atoms with E-state index in [0.717, 1.165) is 25.5 Å². The van der Waals surface area contributed by atoms with Gasteiger partial charge < -0.3 is 14.6 Å². The van der Waals surface area contributed by atoms with E-state index in [4.69, 9.17) is 4.74 Å². The van der Waals surface area contributed by atoms with E-state index in [1.54, 1.807) is 6.20 Å². The minimum Gasteiger partial charge on any atom is -0.368 e. The molecule has 0 radical (unpaired) electrons. The molecular weight excluding hydrogens is 154 g/mol. The largest absolute Gasteiger partial charge is 0.368 e. The molecule has 2 rings (SSSR count). The Hall–Kier alpha value is -0.870. The van der Waals surface area contributed by atoms with Crippen LogP contribution in [-0.2, 0) is 11.8 Å². The first-order valence-electron chi connectivity index (χ1n) is 4.17. The molecule has 4 nitrogen and oxygen atoms in total. The summed E-state index contributed by atoms with van der Waals surface area (Å²) in [6, 6.07) is 0. The third-order valence-electron chi connectivity index (χ3n) is 2.07. The van der Waals surface area contributed by atoms with E-state index in [9.17, 15) is 0 Å². The molecule has 4 heteroatoms. The molecule has 0 aliphatic carbocycles. The Kier molecular flexibility index (Phi) is 2.10. The lowest BCUT2D eigenvalue weighted by Gasteiger charge is -2.22. The first-order valence-corrected chi connectivity index (χ1v) is 4.17. The van der Waals surface area contributed by atoms with Crippen LogP contribution < -0.4 is 5.32 Å². The normalized spacial score (nSPS) is 24.2. The number of nitrogens with zero attached hydrogens (tertiary/aromatic N) is 2. The van der Waals surface area contributed by atoms with Gasteiger partial charge in [0, 0.05) is 32.5 Å². The fraction of sp³-hybridized carbons (Fsp3) is 0.625. The van der Waals surface area contributed by atoms with Crippen molar-refractivity contribution in [2.45, 2.75) is 6.10 Å². The Labute approximate surface area is 71.6 Å². The number of hydrogen-bond donors (Lipinski definition) is 1. The minimum absolute atomic E-state index is 0.124. The zero-order valence-electron chi connectivity index (χ0n) is 7.16. The number of ether oxygens (including phenoxy) is 1. The highest BCUT2D eigenvalue weighted by Crippen LogP contribution is 2.15. The van der Waals surface area contributed by atoms with Gasteiger partial charge in [0.15, 0.2) is 0 Å². The van der Waals surface area contributed by atoms with Crippen LogP contribution in [0, 0.1) is 0 Å². The molecule has 1 aromatic rings. The van der Waals surface area contributed by atoms with Crippen LogP contribution in [0.1, 0.15) is 11.9 Å². The van der Waals surface area contributed by atoms with Crippen LogP contribution >= 0.6 is 0 Å². The molecule has 1 atom stereocenters. The number of hydrogen-bond acceptors (Lipinski definition) is 3. The van der Waals surface area contributed by atoms with Gasteiger partial charge in [-0.3, -0.25) is 0 Å². The van der Waals surface area contributed by atoms with Gasteiger partial charge in [-0.05, 0) is 0 Å². The smallest absolute Gasteiger partial charge is 0.138 e. The van der Waals surface area contributed by atoms with Gasteiger partial charge in [-0.2, -0.15) is 0 Å². The third kappa shape index (κ3) is 1.35. The average molecular weight is 167 g/mol. The first kappa shape index (κ1) is 7.76. The van der Waals surface area contributed by atoms with E-state index in [0.29, 0.717) is 0 Å². The molecule has 66 valence electrons. The predicted octanol–water partition coefficient (Wildman–Crippen LogP) is 0.0810. The van der Waals surface area contributed by atoms with Crippen LogP contribution in [0.25, 0.3) is 0 Å². The summed E-state index contributed by atoms with van der Waals surface area (Å²) in [5.74, 6) is 1.00. The maximum Gasteiger partial charge on any atom is 0.138 e. The van der Waals surface area contributed by atoms with Crippen molar-refractivity contribution >= 4 is 0 Å². The second-order valence-electron chi connectivity index (χ2n) is 2.96. The summed E-state index contributed by atoms with van der Waals surface area (Å²) in [5.41, 5.74) is 0. The van der Waals surface area contributed by atoms with Gasteiger partial charge in [-0.25, -0.2) is 4.98 Å². The zero-order chi connectivity index (χ0) is 8.39. The van der Waals surface area contributed by atoms with Gasteiger partial charge in [0.1, 0.15) is 11.9 Å². The Morgan fingerprint density at radius 1 is 1.75 bits per heavy atom.